The van der Waals surface area contributed by atoms with Gasteiger partial charge in [0.2, 0.25) is 0 Å². The van der Waals surface area contributed by atoms with E-state index in [1.54, 1.807) is 18.2 Å². The van der Waals surface area contributed by atoms with Gasteiger partial charge in [0.1, 0.15) is 17.5 Å². The summed E-state index contributed by atoms with van der Waals surface area (Å²) in [5, 5.41) is 19.9. The molecule has 164 valence electrons. The van der Waals surface area contributed by atoms with Crippen LogP contribution in [0.3, 0.4) is 0 Å². The van der Waals surface area contributed by atoms with E-state index in [-0.39, 0.29) is 11.9 Å². The molecule has 2 aliphatic rings. The van der Waals surface area contributed by atoms with Gasteiger partial charge in [-0.2, -0.15) is 5.26 Å². The van der Waals surface area contributed by atoms with Gasteiger partial charge in [-0.3, -0.25) is 15.5 Å². The Balaban J connectivity index is 1.62. The molecule has 7 nitrogen and oxygen atoms in total. The van der Waals surface area contributed by atoms with Crippen molar-refractivity contribution in [1.29, 1.82) is 5.26 Å². The van der Waals surface area contributed by atoms with Crippen molar-refractivity contribution < 1.29 is 14.7 Å². The third kappa shape index (κ3) is 3.07. The van der Waals surface area contributed by atoms with E-state index in [9.17, 15) is 15.3 Å². The number of carbonyl (C=O) groups is 1. The number of carbonyl (C=O) groups excluding carboxylic acids is 1. The zero-order valence-electron chi connectivity index (χ0n) is 18.5. The Morgan fingerprint density at radius 3 is 2.69 bits per heavy atom. The second-order valence-electron chi connectivity index (χ2n) is 9.33. The molecule has 1 aromatic heterocycles. The standard InChI is InChI=1S/C25H26N4O3/c1-25(2)18-12-21(32-15-6-8-29(3)9-7-15)20(28-31)11-17(18)23(30)22-16-5-4-14(13-26)10-19(16)27-24(22)25/h4-5,10-12,15,27-28,31H,6-9H2,1-3H3. The number of benzene rings is 2. The van der Waals surface area contributed by atoms with Gasteiger partial charge in [0.15, 0.2) is 5.78 Å². The number of aromatic amines is 1. The molecule has 0 atom stereocenters. The van der Waals surface area contributed by atoms with Crippen LogP contribution >= 0.6 is 0 Å². The number of nitriles is 1. The Morgan fingerprint density at radius 2 is 2.00 bits per heavy atom. The zero-order chi connectivity index (χ0) is 22.6. The molecule has 0 amide bonds. The van der Waals surface area contributed by atoms with Crippen molar-refractivity contribution in [2.24, 2.45) is 0 Å². The summed E-state index contributed by atoms with van der Waals surface area (Å²) in [4.78, 5) is 19.3. The number of nitrogens with zero attached hydrogens (tertiary/aromatic N) is 2. The van der Waals surface area contributed by atoms with Gasteiger partial charge in [0.25, 0.3) is 0 Å². The average Bonchev–Trinajstić information content (AvgIpc) is 3.19. The molecule has 0 spiro atoms. The van der Waals surface area contributed by atoms with Gasteiger partial charge in [-0.1, -0.05) is 19.9 Å². The number of likely N-dealkylation sites (tertiary alicyclic amines) is 1. The van der Waals surface area contributed by atoms with E-state index in [2.05, 4.69) is 42.3 Å². The van der Waals surface area contributed by atoms with Crippen molar-refractivity contribution in [3.8, 4) is 11.8 Å². The third-order valence-corrected chi connectivity index (χ3v) is 6.90. The summed E-state index contributed by atoms with van der Waals surface area (Å²) < 4.78 is 6.29. The molecule has 0 radical (unpaired) electrons. The Hall–Kier alpha value is -3.34. The van der Waals surface area contributed by atoms with E-state index >= 15 is 0 Å². The highest BCUT2D eigenvalue weighted by molar-refractivity contribution is 6.20. The number of ether oxygens (including phenoxy) is 1. The molecule has 7 heteroatoms. The SMILES string of the molecule is CN1CCC(Oc2cc3c(cc2NO)C(=O)c2c([nH]c4cc(C#N)ccc24)C3(C)C)CC1. The van der Waals surface area contributed by atoms with Crippen molar-refractivity contribution in [2.45, 2.75) is 38.2 Å². The Bertz CT molecular complexity index is 1280. The fraction of sp³-hybridized carbons (Fsp3) is 0.360. The highest BCUT2D eigenvalue weighted by Gasteiger charge is 2.40. The Kier molecular flexibility index (Phi) is 4.73. The fourth-order valence-electron chi connectivity index (χ4n) is 4.99. The van der Waals surface area contributed by atoms with Gasteiger partial charge in [0.05, 0.1) is 17.2 Å². The van der Waals surface area contributed by atoms with Gasteiger partial charge >= 0.3 is 0 Å². The number of ketones is 1. The van der Waals surface area contributed by atoms with Gasteiger partial charge < -0.3 is 14.6 Å². The first kappa shape index (κ1) is 20.6. The molecule has 0 bridgehead atoms. The van der Waals surface area contributed by atoms with Crippen LogP contribution in [0.4, 0.5) is 5.69 Å². The van der Waals surface area contributed by atoms with Crippen molar-refractivity contribution in [2.75, 3.05) is 25.6 Å². The number of anilines is 1. The van der Waals surface area contributed by atoms with E-state index in [1.807, 2.05) is 12.1 Å². The number of piperidine rings is 1. The molecule has 0 unspecified atom stereocenters. The van der Waals surface area contributed by atoms with Crippen molar-refractivity contribution in [3.63, 3.8) is 0 Å². The minimum atomic E-state index is -0.497. The monoisotopic (exact) mass is 430 g/mol. The van der Waals surface area contributed by atoms with Crippen molar-refractivity contribution in [1.82, 2.24) is 9.88 Å². The first-order valence-electron chi connectivity index (χ1n) is 10.9. The summed E-state index contributed by atoms with van der Waals surface area (Å²) in [6.07, 6.45) is 1.88. The number of H-pyrrole nitrogens is 1. The van der Waals surface area contributed by atoms with E-state index in [1.165, 1.54) is 0 Å². The molecular formula is C25H26N4O3. The predicted molar refractivity (Wildman–Crippen MR) is 122 cm³/mol. The van der Waals surface area contributed by atoms with E-state index in [0.717, 1.165) is 48.1 Å². The minimum Gasteiger partial charge on any atom is -0.488 e. The third-order valence-electron chi connectivity index (χ3n) is 6.90. The van der Waals surface area contributed by atoms with Gasteiger partial charge in [-0.15, -0.1) is 0 Å². The lowest BCUT2D eigenvalue weighted by Crippen LogP contribution is -2.36. The molecule has 0 saturated carbocycles. The number of rotatable bonds is 3. The van der Waals surface area contributed by atoms with E-state index in [4.69, 9.17) is 4.74 Å². The lowest BCUT2D eigenvalue weighted by molar-refractivity contribution is 0.103. The van der Waals surface area contributed by atoms with Gasteiger partial charge in [0, 0.05) is 40.7 Å². The van der Waals surface area contributed by atoms with Crippen LogP contribution in [0.1, 0.15) is 59.4 Å². The van der Waals surface area contributed by atoms with Crippen LogP contribution in [-0.2, 0) is 5.41 Å². The smallest absolute Gasteiger partial charge is 0.195 e. The summed E-state index contributed by atoms with van der Waals surface area (Å²) in [7, 11) is 2.10. The summed E-state index contributed by atoms with van der Waals surface area (Å²) in [6.45, 7) is 6.07. The van der Waals surface area contributed by atoms with Crippen LogP contribution in [0.5, 0.6) is 5.75 Å². The molecule has 2 aromatic carbocycles. The van der Waals surface area contributed by atoms with Crippen LogP contribution in [0.2, 0.25) is 0 Å². The number of aromatic nitrogens is 1. The topological polar surface area (TPSA) is 101 Å². The summed E-state index contributed by atoms with van der Waals surface area (Å²) in [5.74, 6) is 0.445. The normalized spacial score (nSPS) is 18.2. The maximum Gasteiger partial charge on any atom is 0.195 e. The summed E-state index contributed by atoms with van der Waals surface area (Å²) >= 11 is 0. The second kappa shape index (κ2) is 7.37. The van der Waals surface area contributed by atoms with Crippen LogP contribution in [0.25, 0.3) is 10.9 Å². The number of nitrogens with one attached hydrogen (secondary N) is 2. The maximum atomic E-state index is 13.6. The molecule has 3 N–H and O–H groups in total. The molecule has 3 aromatic rings. The van der Waals surface area contributed by atoms with Crippen LogP contribution < -0.4 is 10.2 Å². The molecule has 1 saturated heterocycles. The molecule has 2 heterocycles. The van der Waals surface area contributed by atoms with Crippen LogP contribution in [-0.4, -0.2) is 47.1 Å². The molecule has 1 fully saturated rings. The van der Waals surface area contributed by atoms with Crippen molar-refractivity contribution in [3.05, 3.63) is 58.3 Å². The van der Waals surface area contributed by atoms with E-state index < -0.39 is 5.41 Å². The first-order valence-corrected chi connectivity index (χ1v) is 10.9. The summed E-state index contributed by atoms with van der Waals surface area (Å²) in [6, 6.07) is 11.1. The van der Waals surface area contributed by atoms with Gasteiger partial charge in [-0.25, -0.2) is 0 Å². The molecular weight excluding hydrogens is 404 g/mol. The second-order valence-corrected chi connectivity index (χ2v) is 9.33. The Morgan fingerprint density at radius 1 is 1.25 bits per heavy atom. The Labute approximate surface area is 186 Å². The molecule has 1 aliphatic heterocycles. The number of hydrogen-bond donors (Lipinski definition) is 3. The number of fused-ring (bicyclic) bond motifs is 4. The highest BCUT2D eigenvalue weighted by atomic mass is 16.5. The highest BCUT2D eigenvalue weighted by Crippen LogP contribution is 2.46. The number of hydrogen-bond acceptors (Lipinski definition) is 6. The molecule has 5 rings (SSSR count). The van der Waals surface area contributed by atoms with Crippen molar-refractivity contribution >= 4 is 22.4 Å². The average molecular weight is 431 g/mol. The predicted octanol–water partition coefficient (Wildman–Crippen LogP) is 4.18. The van der Waals surface area contributed by atoms with Crippen LogP contribution in [0, 0.1) is 11.3 Å². The zero-order valence-corrected chi connectivity index (χ0v) is 18.5. The first-order chi connectivity index (χ1) is 15.3. The quantitative estimate of drug-likeness (QED) is 0.539. The van der Waals surface area contributed by atoms with Crippen LogP contribution in [0.15, 0.2) is 30.3 Å². The van der Waals surface area contributed by atoms with Gasteiger partial charge in [-0.05, 0) is 49.7 Å². The molecule has 1 aliphatic carbocycles. The summed E-state index contributed by atoms with van der Waals surface area (Å²) in [5.41, 5.74) is 6.28. The minimum absolute atomic E-state index is 0.0618. The largest absolute Gasteiger partial charge is 0.488 e. The van der Waals surface area contributed by atoms with E-state index in [0.29, 0.717) is 28.1 Å². The lowest BCUT2D eigenvalue weighted by atomic mass is 9.71. The maximum absolute atomic E-state index is 13.6. The fourth-order valence-corrected chi connectivity index (χ4v) is 4.99. The molecule has 32 heavy (non-hydrogen) atoms. The lowest BCUT2D eigenvalue weighted by Gasteiger charge is -2.34.